The van der Waals surface area contributed by atoms with Crippen LogP contribution in [0, 0.1) is 11.3 Å². The van der Waals surface area contributed by atoms with Crippen molar-refractivity contribution in [3.63, 3.8) is 0 Å². The fourth-order valence-electron chi connectivity index (χ4n) is 3.43. The van der Waals surface area contributed by atoms with Gasteiger partial charge in [-0.2, -0.15) is 5.10 Å². The summed E-state index contributed by atoms with van der Waals surface area (Å²) in [5.41, 5.74) is 1.51. The number of nitrogens with zero attached hydrogens (tertiary/aromatic N) is 3. The van der Waals surface area contributed by atoms with Crippen molar-refractivity contribution >= 4 is 5.71 Å². The molecular formula is C9H16N4. The molecule has 0 saturated carbocycles. The number of nitrogens with two attached hydrogens (primary N) is 1. The molecule has 0 spiro atoms. The second-order valence-corrected chi connectivity index (χ2v) is 4.94. The van der Waals surface area contributed by atoms with Gasteiger partial charge >= 0.3 is 0 Å². The largest absolute Gasteiger partial charge is 0.323 e. The predicted octanol–water partition coefficient (Wildman–Crippen LogP) is -0.474. The Labute approximate surface area is 78.4 Å². The number of hydrogen-bond donors (Lipinski definition) is 1. The summed E-state index contributed by atoms with van der Waals surface area (Å²) in [5, 5.41) is 4.02. The van der Waals surface area contributed by atoms with E-state index in [-0.39, 0.29) is 5.41 Å². The summed E-state index contributed by atoms with van der Waals surface area (Å²) in [6.07, 6.45) is 0. The molecule has 4 rings (SSSR count). The Morgan fingerprint density at radius 1 is 1.38 bits per heavy atom. The Morgan fingerprint density at radius 3 is 2.46 bits per heavy atom. The molecule has 2 N–H and O–H groups in total. The Hall–Kier alpha value is -0.610. The van der Waals surface area contributed by atoms with E-state index in [9.17, 15) is 0 Å². The van der Waals surface area contributed by atoms with Gasteiger partial charge in [0.05, 0.1) is 12.4 Å². The maximum atomic E-state index is 5.49. The molecule has 0 aromatic rings. The van der Waals surface area contributed by atoms with Crippen molar-refractivity contribution < 1.29 is 0 Å². The van der Waals surface area contributed by atoms with Crippen molar-refractivity contribution in [2.75, 3.05) is 32.8 Å². The van der Waals surface area contributed by atoms with E-state index in [0.717, 1.165) is 19.8 Å². The first-order chi connectivity index (χ1) is 6.21. The van der Waals surface area contributed by atoms with E-state index in [1.807, 2.05) is 0 Å². The van der Waals surface area contributed by atoms with Crippen molar-refractivity contribution in [1.29, 1.82) is 0 Å². The molecule has 4 aliphatic rings. The summed E-state index contributed by atoms with van der Waals surface area (Å²) in [4.78, 5) is 5.04. The minimum atomic E-state index is 0.244. The zero-order chi connectivity index (χ0) is 9.05. The first kappa shape index (κ1) is 7.76. The Kier molecular flexibility index (Phi) is 1.34. The van der Waals surface area contributed by atoms with E-state index < -0.39 is 0 Å². The number of hydrazone groups is 1. The molecule has 4 heteroatoms. The lowest BCUT2D eigenvalue weighted by Gasteiger charge is -2.58. The lowest BCUT2D eigenvalue weighted by atomic mass is 9.70. The Bertz CT molecular complexity index is 259. The van der Waals surface area contributed by atoms with Crippen molar-refractivity contribution in [2.45, 2.75) is 6.92 Å². The number of rotatable bonds is 0. The third-order valence-corrected chi connectivity index (χ3v) is 3.65. The smallest absolute Gasteiger partial charge is 0.0516 e. The van der Waals surface area contributed by atoms with Crippen molar-refractivity contribution in [3.8, 4) is 0 Å². The van der Waals surface area contributed by atoms with Gasteiger partial charge in [-0.1, -0.05) is 6.92 Å². The highest BCUT2D eigenvalue weighted by molar-refractivity contribution is 5.94. The molecule has 4 saturated heterocycles. The Morgan fingerprint density at radius 2 is 2.00 bits per heavy atom. The van der Waals surface area contributed by atoms with Crippen molar-refractivity contribution in [1.82, 2.24) is 9.80 Å². The van der Waals surface area contributed by atoms with E-state index >= 15 is 0 Å². The Balaban J connectivity index is 2.03. The molecule has 4 bridgehead atoms. The molecule has 4 heterocycles. The van der Waals surface area contributed by atoms with E-state index in [2.05, 4.69) is 21.8 Å². The van der Waals surface area contributed by atoms with Gasteiger partial charge in [0.1, 0.15) is 0 Å². The average molecular weight is 180 g/mol. The van der Waals surface area contributed by atoms with Crippen LogP contribution in [0.2, 0.25) is 0 Å². The lowest BCUT2D eigenvalue weighted by molar-refractivity contribution is -0.0433. The highest BCUT2D eigenvalue weighted by atomic mass is 15.4. The zero-order valence-corrected chi connectivity index (χ0v) is 8.03. The summed E-state index contributed by atoms with van der Waals surface area (Å²) in [7, 11) is 0. The normalized spacial score (nSPS) is 56.1. The van der Waals surface area contributed by atoms with E-state index in [0.29, 0.717) is 5.92 Å². The summed E-state index contributed by atoms with van der Waals surface area (Å²) >= 11 is 0. The highest BCUT2D eigenvalue weighted by Crippen LogP contribution is 2.39. The topological polar surface area (TPSA) is 44.9 Å². The van der Waals surface area contributed by atoms with Crippen LogP contribution in [0.4, 0.5) is 0 Å². The van der Waals surface area contributed by atoms with Crippen LogP contribution in [0.3, 0.4) is 0 Å². The van der Waals surface area contributed by atoms with Gasteiger partial charge < -0.3 is 5.84 Å². The number of piperidine rings is 2. The van der Waals surface area contributed by atoms with Crippen LogP contribution in [-0.4, -0.2) is 48.4 Å². The van der Waals surface area contributed by atoms with Crippen LogP contribution < -0.4 is 5.84 Å². The average Bonchev–Trinajstić information content (AvgIpc) is 2.00. The first-order valence-corrected chi connectivity index (χ1v) is 4.94. The van der Waals surface area contributed by atoms with Crippen LogP contribution in [0.15, 0.2) is 5.10 Å². The summed E-state index contributed by atoms with van der Waals surface area (Å²) < 4.78 is 0. The minimum Gasteiger partial charge on any atom is -0.323 e. The van der Waals surface area contributed by atoms with Crippen LogP contribution in [-0.2, 0) is 0 Å². The molecule has 13 heavy (non-hydrogen) atoms. The van der Waals surface area contributed by atoms with Gasteiger partial charge in [-0.15, -0.1) is 0 Å². The number of hydrogen-bond acceptors (Lipinski definition) is 4. The predicted molar refractivity (Wildman–Crippen MR) is 51.2 cm³/mol. The molecule has 4 nitrogen and oxygen atoms in total. The van der Waals surface area contributed by atoms with Gasteiger partial charge in [0.2, 0.25) is 0 Å². The molecule has 0 aliphatic carbocycles. The molecule has 2 unspecified atom stereocenters. The third-order valence-electron chi connectivity index (χ3n) is 3.65. The van der Waals surface area contributed by atoms with E-state index in [4.69, 9.17) is 5.84 Å². The second kappa shape index (κ2) is 2.25. The fraction of sp³-hybridized carbons (Fsp3) is 0.889. The van der Waals surface area contributed by atoms with Gasteiger partial charge in [-0.3, -0.25) is 9.80 Å². The molecule has 2 atom stereocenters. The van der Waals surface area contributed by atoms with Crippen LogP contribution in [0.5, 0.6) is 0 Å². The molecule has 0 amide bonds. The summed E-state index contributed by atoms with van der Waals surface area (Å²) in [6.45, 7) is 8.09. The zero-order valence-electron chi connectivity index (χ0n) is 8.03. The maximum absolute atomic E-state index is 5.49. The minimum absolute atomic E-state index is 0.244. The molecule has 0 aromatic heterocycles. The molecule has 72 valence electrons. The van der Waals surface area contributed by atoms with Crippen molar-refractivity contribution in [2.24, 2.45) is 22.3 Å². The molecule has 4 aliphatic heterocycles. The molecule has 0 aromatic carbocycles. The van der Waals surface area contributed by atoms with Gasteiger partial charge in [-0.05, 0) is 0 Å². The summed E-state index contributed by atoms with van der Waals surface area (Å²) in [5.74, 6) is 6.09. The van der Waals surface area contributed by atoms with Crippen LogP contribution >= 0.6 is 0 Å². The van der Waals surface area contributed by atoms with Crippen LogP contribution in [0.1, 0.15) is 6.92 Å². The third kappa shape index (κ3) is 0.901. The molecular weight excluding hydrogens is 164 g/mol. The van der Waals surface area contributed by atoms with E-state index in [1.54, 1.807) is 0 Å². The fourth-order valence-corrected chi connectivity index (χ4v) is 3.43. The van der Waals surface area contributed by atoms with Gasteiger partial charge in [0, 0.05) is 37.5 Å². The van der Waals surface area contributed by atoms with Gasteiger partial charge in [-0.25, -0.2) is 0 Å². The maximum Gasteiger partial charge on any atom is 0.0516 e. The quantitative estimate of drug-likeness (QED) is 0.405. The van der Waals surface area contributed by atoms with Gasteiger partial charge in [0.25, 0.3) is 0 Å². The highest BCUT2D eigenvalue weighted by Gasteiger charge is 2.51. The van der Waals surface area contributed by atoms with Gasteiger partial charge in [0.15, 0.2) is 0 Å². The summed E-state index contributed by atoms with van der Waals surface area (Å²) in [6, 6.07) is 0. The standard InChI is InChI=1S/C9H16N4/c1-9-4-12-2-7(8(9)11-10)3-13(5-9)6-12/h7H,2-6,10H2,1H3/b11-8+. The SMILES string of the molecule is CC12CN3CC(CN(C3)C1)/C2=N\N. The monoisotopic (exact) mass is 180 g/mol. The van der Waals surface area contributed by atoms with E-state index in [1.165, 1.54) is 18.8 Å². The van der Waals surface area contributed by atoms with Crippen LogP contribution in [0.25, 0.3) is 0 Å². The van der Waals surface area contributed by atoms with Crippen molar-refractivity contribution in [3.05, 3.63) is 0 Å². The second-order valence-electron chi connectivity index (χ2n) is 4.94. The lowest BCUT2D eigenvalue weighted by Crippen LogP contribution is -2.70. The first-order valence-electron chi connectivity index (χ1n) is 4.94. The molecule has 0 radical (unpaired) electrons. The molecule has 4 fully saturated rings.